The Kier molecular flexibility index (Phi) is 6.37. The monoisotopic (exact) mass is 433 g/mol. The van der Waals surface area contributed by atoms with Crippen LogP contribution in [0.2, 0.25) is 0 Å². The summed E-state index contributed by atoms with van der Waals surface area (Å²) in [6.45, 7) is 4.05. The van der Waals surface area contributed by atoms with Gasteiger partial charge in [-0.2, -0.15) is 0 Å². The van der Waals surface area contributed by atoms with Crippen LogP contribution in [0, 0.1) is 0 Å². The lowest BCUT2D eigenvalue weighted by Gasteiger charge is -2.33. The average Bonchev–Trinajstić information content (AvgIpc) is 2.80. The highest BCUT2D eigenvalue weighted by Gasteiger charge is 2.15. The van der Waals surface area contributed by atoms with Crippen molar-refractivity contribution in [1.82, 2.24) is 14.9 Å². The Labute approximate surface area is 187 Å². The summed E-state index contributed by atoms with van der Waals surface area (Å²) in [5, 5.41) is 6.41. The van der Waals surface area contributed by atoms with Crippen LogP contribution in [0.1, 0.15) is 10.4 Å². The number of piperazine rings is 1. The first kappa shape index (κ1) is 21.4. The van der Waals surface area contributed by atoms with E-state index in [9.17, 15) is 4.79 Å². The zero-order valence-corrected chi connectivity index (χ0v) is 18.2. The molecular weight excluding hydrogens is 406 g/mol. The fourth-order valence-electron chi connectivity index (χ4n) is 3.56. The number of nitrogens with two attached hydrogens (primary N) is 1. The van der Waals surface area contributed by atoms with Crippen LogP contribution in [-0.2, 0) is 0 Å². The minimum atomic E-state index is -0.573. The van der Waals surface area contributed by atoms with Crippen LogP contribution in [0.5, 0.6) is 5.75 Å². The van der Waals surface area contributed by atoms with E-state index < -0.39 is 5.91 Å². The van der Waals surface area contributed by atoms with Gasteiger partial charge in [0.1, 0.15) is 17.4 Å². The molecule has 0 unspecified atom stereocenters. The van der Waals surface area contributed by atoms with Crippen molar-refractivity contribution in [3.63, 3.8) is 0 Å². The molecular formula is C23H27N7O2. The number of rotatable bonds is 7. The molecule has 1 amide bonds. The maximum Gasteiger partial charge on any atom is 0.252 e. The number of carbonyl (C=O) groups excluding carboxylic acids is 1. The molecule has 3 aromatic rings. The van der Waals surface area contributed by atoms with E-state index in [1.807, 2.05) is 42.6 Å². The normalized spacial score (nSPS) is 14.1. The lowest BCUT2D eigenvalue weighted by Crippen LogP contribution is -2.44. The second-order valence-electron chi connectivity index (χ2n) is 7.62. The van der Waals surface area contributed by atoms with E-state index >= 15 is 0 Å². The third-order valence-electron chi connectivity index (χ3n) is 5.42. The maximum absolute atomic E-state index is 11.9. The average molecular weight is 434 g/mol. The number of hydrogen-bond acceptors (Lipinski definition) is 8. The van der Waals surface area contributed by atoms with Crippen LogP contribution < -0.4 is 26.0 Å². The summed E-state index contributed by atoms with van der Waals surface area (Å²) in [4.78, 5) is 25.4. The summed E-state index contributed by atoms with van der Waals surface area (Å²) in [6, 6.07) is 13.1. The van der Waals surface area contributed by atoms with E-state index in [-0.39, 0.29) is 5.56 Å². The summed E-state index contributed by atoms with van der Waals surface area (Å²) >= 11 is 0. The topological polar surface area (TPSA) is 109 Å². The summed E-state index contributed by atoms with van der Waals surface area (Å²) in [6.07, 6.45) is 3.31. The first-order chi connectivity index (χ1) is 15.5. The number of benzene rings is 1. The molecule has 1 aliphatic heterocycles. The molecule has 0 radical (unpaired) electrons. The van der Waals surface area contributed by atoms with Crippen molar-refractivity contribution in [3.8, 4) is 5.75 Å². The van der Waals surface area contributed by atoms with E-state index in [1.165, 1.54) is 6.20 Å². The molecule has 4 N–H and O–H groups in total. The molecule has 0 spiro atoms. The summed E-state index contributed by atoms with van der Waals surface area (Å²) < 4.78 is 5.38. The van der Waals surface area contributed by atoms with Crippen molar-refractivity contribution >= 4 is 34.6 Å². The third kappa shape index (κ3) is 4.89. The van der Waals surface area contributed by atoms with Gasteiger partial charge in [0.2, 0.25) is 0 Å². The first-order valence-electron chi connectivity index (χ1n) is 10.4. The number of nitrogens with zero attached hydrogens (tertiary/aromatic N) is 4. The third-order valence-corrected chi connectivity index (χ3v) is 5.42. The molecule has 0 bridgehead atoms. The van der Waals surface area contributed by atoms with Crippen LogP contribution >= 0.6 is 0 Å². The number of para-hydroxylation sites is 2. The van der Waals surface area contributed by atoms with Crippen molar-refractivity contribution < 1.29 is 9.53 Å². The second kappa shape index (κ2) is 9.52. The molecule has 9 heteroatoms. The number of carbonyl (C=O) groups is 1. The van der Waals surface area contributed by atoms with Gasteiger partial charge in [0.05, 0.1) is 35.9 Å². The smallest absolute Gasteiger partial charge is 0.252 e. The molecule has 0 atom stereocenters. The number of ether oxygens (including phenoxy) is 1. The Morgan fingerprint density at radius 3 is 2.41 bits per heavy atom. The van der Waals surface area contributed by atoms with E-state index in [1.54, 1.807) is 13.2 Å². The van der Waals surface area contributed by atoms with E-state index in [2.05, 4.69) is 37.4 Å². The van der Waals surface area contributed by atoms with Gasteiger partial charge in [0.25, 0.3) is 5.91 Å². The molecule has 4 rings (SSSR count). The molecule has 32 heavy (non-hydrogen) atoms. The van der Waals surface area contributed by atoms with Crippen LogP contribution in [0.4, 0.5) is 28.7 Å². The molecule has 1 fully saturated rings. The van der Waals surface area contributed by atoms with E-state index in [0.29, 0.717) is 28.8 Å². The van der Waals surface area contributed by atoms with E-state index in [0.717, 1.165) is 31.9 Å². The SMILES string of the molecule is COc1ccccc1Nc1cc(Nc2ccc(N3CCN(C)CC3)cn2)ncc1C(N)=O. The highest BCUT2D eigenvalue weighted by atomic mass is 16.5. The summed E-state index contributed by atoms with van der Waals surface area (Å²) in [5.41, 5.74) is 8.16. The van der Waals surface area contributed by atoms with Crippen molar-refractivity contribution in [1.29, 1.82) is 0 Å². The van der Waals surface area contributed by atoms with Crippen LogP contribution in [0.25, 0.3) is 0 Å². The van der Waals surface area contributed by atoms with Gasteiger partial charge < -0.3 is 30.9 Å². The highest BCUT2D eigenvalue weighted by Crippen LogP contribution is 2.30. The zero-order chi connectivity index (χ0) is 22.5. The second-order valence-corrected chi connectivity index (χ2v) is 7.62. The van der Waals surface area contributed by atoms with Crippen molar-refractivity contribution in [2.75, 3.05) is 55.9 Å². The van der Waals surface area contributed by atoms with Gasteiger partial charge in [-0.05, 0) is 31.3 Å². The standard InChI is InChI=1S/C23H27N7O2/c1-29-9-11-30(12-10-29)16-7-8-21(25-14-16)28-22-13-19(17(15-26-22)23(24)31)27-18-5-3-4-6-20(18)32-2/h3-8,13-15H,9-12H2,1-2H3,(H2,24,31)(H2,25,26,27,28). The molecule has 0 saturated carbocycles. The quantitative estimate of drug-likeness (QED) is 0.522. The summed E-state index contributed by atoms with van der Waals surface area (Å²) in [7, 11) is 3.72. The molecule has 2 aromatic heterocycles. The molecule has 3 heterocycles. The molecule has 1 saturated heterocycles. The van der Waals surface area contributed by atoms with Crippen molar-refractivity contribution in [3.05, 3.63) is 60.4 Å². The van der Waals surface area contributed by atoms with Gasteiger partial charge in [-0.3, -0.25) is 4.79 Å². The van der Waals surface area contributed by atoms with Crippen molar-refractivity contribution in [2.24, 2.45) is 5.73 Å². The van der Waals surface area contributed by atoms with Crippen molar-refractivity contribution in [2.45, 2.75) is 0 Å². The van der Waals surface area contributed by atoms with Crippen LogP contribution in [-0.4, -0.2) is 61.1 Å². The number of pyridine rings is 2. The molecule has 0 aliphatic carbocycles. The number of aromatic nitrogens is 2. The number of methoxy groups -OCH3 is 1. The minimum Gasteiger partial charge on any atom is -0.495 e. The predicted molar refractivity (Wildman–Crippen MR) is 126 cm³/mol. The summed E-state index contributed by atoms with van der Waals surface area (Å²) in [5.74, 6) is 1.27. The minimum absolute atomic E-state index is 0.278. The van der Waals surface area contributed by atoms with Gasteiger partial charge in [-0.15, -0.1) is 0 Å². The van der Waals surface area contributed by atoms with Gasteiger partial charge >= 0.3 is 0 Å². The van der Waals surface area contributed by atoms with Gasteiger partial charge in [0, 0.05) is 38.4 Å². The first-order valence-corrected chi connectivity index (χ1v) is 10.4. The molecule has 1 aromatic carbocycles. The number of primary amides is 1. The Bertz CT molecular complexity index is 1080. The largest absolute Gasteiger partial charge is 0.495 e. The molecule has 1 aliphatic rings. The van der Waals surface area contributed by atoms with Gasteiger partial charge in [0.15, 0.2) is 0 Å². The Morgan fingerprint density at radius 2 is 1.72 bits per heavy atom. The Morgan fingerprint density at radius 1 is 0.969 bits per heavy atom. The fraction of sp³-hybridized carbons (Fsp3) is 0.261. The zero-order valence-electron chi connectivity index (χ0n) is 18.2. The fourth-order valence-corrected chi connectivity index (χ4v) is 3.56. The van der Waals surface area contributed by atoms with Crippen LogP contribution in [0.15, 0.2) is 54.9 Å². The Balaban J connectivity index is 1.52. The number of anilines is 5. The lowest BCUT2D eigenvalue weighted by molar-refractivity contribution is 0.100. The van der Waals surface area contributed by atoms with Gasteiger partial charge in [-0.25, -0.2) is 9.97 Å². The number of nitrogens with one attached hydrogen (secondary N) is 2. The highest BCUT2D eigenvalue weighted by molar-refractivity contribution is 5.99. The lowest BCUT2D eigenvalue weighted by atomic mass is 10.2. The maximum atomic E-state index is 11.9. The van der Waals surface area contributed by atoms with E-state index in [4.69, 9.17) is 10.5 Å². The molecule has 166 valence electrons. The Hall–Kier alpha value is -3.85. The predicted octanol–water partition coefficient (Wildman–Crippen LogP) is 2.82. The number of likely N-dealkylation sites (N-methyl/N-ethyl adjacent to an activating group) is 1. The number of hydrogen-bond donors (Lipinski definition) is 3. The molecule has 9 nitrogen and oxygen atoms in total. The van der Waals surface area contributed by atoms with Crippen LogP contribution in [0.3, 0.4) is 0 Å². The van der Waals surface area contributed by atoms with Gasteiger partial charge in [-0.1, -0.05) is 12.1 Å². The number of amides is 1.